The van der Waals surface area contributed by atoms with Crippen molar-refractivity contribution in [3.05, 3.63) is 41.1 Å². The summed E-state index contributed by atoms with van der Waals surface area (Å²) in [4.78, 5) is 12.9. The average Bonchev–Trinajstić information content (AvgIpc) is 2.88. The Balaban J connectivity index is 2.34. The molecule has 5 nitrogen and oxygen atoms in total. The molecule has 3 rings (SSSR count). The summed E-state index contributed by atoms with van der Waals surface area (Å²) < 4.78 is 6.61. The molecule has 74 valence electrons. The maximum Gasteiger partial charge on any atom is 0.259 e. The zero-order valence-corrected chi connectivity index (χ0v) is 8.27. The minimum atomic E-state index is -0.153. The van der Waals surface area contributed by atoms with Gasteiger partial charge in [-0.15, -0.1) is 10.2 Å². The van der Waals surface area contributed by atoms with Crippen LogP contribution in [0.3, 0.4) is 0 Å². The summed E-state index contributed by atoms with van der Waals surface area (Å²) in [6.07, 6.45) is 2.97. The van der Waals surface area contributed by atoms with E-state index in [1.807, 2.05) is 0 Å². The predicted octanol–water partition coefficient (Wildman–Crippen LogP) is 1.41. The van der Waals surface area contributed by atoms with E-state index in [9.17, 15) is 4.79 Å². The number of hydrogen-bond acceptors (Lipinski definition) is 5. The molecule has 0 radical (unpaired) electrons. The fraction of sp³-hybridized carbons (Fsp3) is 0. The van der Waals surface area contributed by atoms with Crippen molar-refractivity contribution in [3.8, 4) is 10.6 Å². The van der Waals surface area contributed by atoms with Crippen LogP contribution in [0, 0.1) is 0 Å². The van der Waals surface area contributed by atoms with Gasteiger partial charge in [0.05, 0.1) is 11.1 Å². The molecule has 0 aliphatic rings. The molecule has 15 heavy (non-hydrogen) atoms. The van der Waals surface area contributed by atoms with E-state index < -0.39 is 0 Å². The molecular weight excluding hydrogens is 214 g/mol. The Morgan fingerprint density at radius 3 is 3.20 bits per heavy atom. The third-order valence-electron chi connectivity index (χ3n) is 1.97. The predicted molar refractivity (Wildman–Crippen MR) is 54.8 cm³/mol. The Kier molecular flexibility index (Phi) is 1.69. The second-order valence-corrected chi connectivity index (χ2v) is 3.92. The summed E-state index contributed by atoms with van der Waals surface area (Å²) in [7, 11) is 0. The van der Waals surface area contributed by atoms with Crippen LogP contribution in [0.4, 0.5) is 0 Å². The number of nitrogens with zero attached hydrogens (tertiary/aromatic N) is 3. The topological polar surface area (TPSA) is 60.4 Å². The molecule has 0 spiro atoms. The quantitative estimate of drug-likeness (QED) is 0.620. The summed E-state index contributed by atoms with van der Waals surface area (Å²) in [5.41, 5.74) is -0.153. The lowest BCUT2D eigenvalue weighted by atomic mass is 10.4. The van der Waals surface area contributed by atoms with Crippen molar-refractivity contribution in [2.75, 3.05) is 0 Å². The van der Waals surface area contributed by atoms with Crippen LogP contribution in [-0.4, -0.2) is 14.6 Å². The molecule has 0 aliphatic carbocycles. The highest BCUT2D eigenvalue weighted by Crippen LogP contribution is 2.24. The zero-order chi connectivity index (χ0) is 10.3. The van der Waals surface area contributed by atoms with Crippen LogP contribution in [0.5, 0.6) is 0 Å². The van der Waals surface area contributed by atoms with E-state index in [0.29, 0.717) is 10.7 Å². The van der Waals surface area contributed by atoms with E-state index >= 15 is 0 Å². The van der Waals surface area contributed by atoms with E-state index in [2.05, 4.69) is 10.2 Å². The van der Waals surface area contributed by atoms with Gasteiger partial charge in [0.25, 0.3) is 5.56 Å². The van der Waals surface area contributed by atoms with Gasteiger partial charge in [-0.2, -0.15) is 0 Å². The number of furan rings is 1. The lowest BCUT2D eigenvalue weighted by Gasteiger charge is -1.94. The number of rotatable bonds is 1. The van der Waals surface area contributed by atoms with Crippen molar-refractivity contribution in [3.63, 3.8) is 0 Å². The minimum absolute atomic E-state index is 0.153. The van der Waals surface area contributed by atoms with Gasteiger partial charge in [-0.05, 0) is 12.1 Å². The lowest BCUT2D eigenvalue weighted by molar-refractivity contribution is 0.583. The lowest BCUT2D eigenvalue weighted by Crippen LogP contribution is -2.08. The van der Waals surface area contributed by atoms with Crippen LogP contribution in [0.2, 0.25) is 0 Å². The molecular formula is C9H5N3O2S. The monoisotopic (exact) mass is 219 g/mol. The molecule has 0 aliphatic heterocycles. The molecule has 0 saturated carbocycles. The molecule has 0 fully saturated rings. The Morgan fingerprint density at radius 2 is 2.40 bits per heavy atom. The first kappa shape index (κ1) is 8.37. The van der Waals surface area contributed by atoms with E-state index in [1.54, 1.807) is 18.4 Å². The molecule has 3 aromatic rings. The summed E-state index contributed by atoms with van der Waals surface area (Å²) >= 11 is 1.36. The van der Waals surface area contributed by atoms with Crippen molar-refractivity contribution in [1.29, 1.82) is 0 Å². The van der Waals surface area contributed by atoms with Gasteiger partial charge in [0.2, 0.25) is 4.96 Å². The minimum Gasteiger partial charge on any atom is -0.464 e. The van der Waals surface area contributed by atoms with Crippen LogP contribution in [-0.2, 0) is 0 Å². The Morgan fingerprint density at radius 1 is 1.47 bits per heavy atom. The van der Waals surface area contributed by atoms with Gasteiger partial charge in [0, 0.05) is 6.07 Å². The number of hydrogen-bond donors (Lipinski definition) is 0. The van der Waals surface area contributed by atoms with Gasteiger partial charge < -0.3 is 4.42 Å². The zero-order valence-electron chi connectivity index (χ0n) is 7.45. The fourth-order valence-electron chi connectivity index (χ4n) is 1.29. The first-order valence-electron chi connectivity index (χ1n) is 4.22. The molecule has 3 heterocycles. The summed E-state index contributed by atoms with van der Waals surface area (Å²) in [5, 5.41) is 7.52. The van der Waals surface area contributed by atoms with E-state index in [4.69, 9.17) is 4.42 Å². The van der Waals surface area contributed by atoms with Crippen LogP contribution < -0.4 is 5.56 Å². The SMILES string of the molecule is O=c1cc(-c2ccco2)sc2nncn12. The Hall–Kier alpha value is -1.95. The van der Waals surface area contributed by atoms with Crippen molar-refractivity contribution < 1.29 is 4.42 Å². The number of fused-ring (bicyclic) bond motifs is 1. The van der Waals surface area contributed by atoms with Gasteiger partial charge >= 0.3 is 0 Å². The third-order valence-corrected chi connectivity index (χ3v) is 2.97. The normalized spacial score (nSPS) is 10.9. The molecule has 0 unspecified atom stereocenters. The van der Waals surface area contributed by atoms with Crippen LogP contribution >= 0.6 is 11.3 Å². The van der Waals surface area contributed by atoms with Gasteiger partial charge in [-0.1, -0.05) is 11.3 Å². The maximum absolute atomic E-state index is 11.6. The van der Waals surface area contributed by atoms with Crippen molar-refractivity contribution >= 4 is 16.3 Å². The van der Waals surface area contributed by atoms with Crippen molar-refractivity contribution in [2.45, 2.75) is 0 Å². The average molecular weight is 219 g/mol. The Labute approximate surface area is 87.6 Å². The van der Waals surface area contributed by atoms with E-state index in [0.717, 1.165) is 4.88 Å². The highest BCUT2D eigenvalue weighted by molar-refractivity contribution is 7.19. The van der Waals surface area contributed by atoms with Crippen LogP contribution in [0.15, 0.2) is 40.0 Å². The first-order valence-corrected chi connectivity index (χ1v) is 5.04. The standard InChI is InChI=1S/C9H5N3O2S/c13-8-4-7(6-2-1-3-14-6)15-9-11-10-5-12(8)9/h1-5H. The van der Waals surface area contributed by atoms with Gasteiger partial charge in [-0.25, -0.2) is 4.40 Å². The molecule has 0 aromatic carbocycles. The molecule has 0 N–H and O–H groups in total. The molecule has 6 heteroatoms. The molecule has 0 atom stereocenters. The number of aromatic nitrogens is 3. The van der Waals surface area contributed by atoms with Gasteiger partial charge in [-0.3, -0.25) is 4.79 Å². The van der Waals surface area contributed by atoms with E-state index in [-0.39, 0.29) is 5.56 Å². The van der Waals surface area contributed by atoms with E-state index in [1.165, 1.54) is 28.1 Å². The van der Waals surface area contributed by atoms with Crippen molar-refractivity contribution in [1.82, 2.24) is 14.6 Å². The highest BCUT2D eigenvalue weighted by Gasteiger charge is 2.07. The van der Waals surface area contributed by atoms with Gasteiger partial charge in [0.1, 0.15) is 12.1 Å². The fourth-order valence-corrected chi connectivity index (χ4v) is 2.19. The molecule has 0 saturated heterocycles. The molecule has 3 aromatic heterocycles. The largest absolute Gasteiger partial charge is 0.464 e. The second-order valence-electron chi connectivity index (χ2n) is 2.91. The smallest absolute Gasteiger partial charge is 0.259 e. The van der Waals surface area contributed by atoms with Crippen LogP contribution in [0.1, 0.15) is 0 Å². The molecule has 0 bridgehead atoms. The highest BCUT2D eigenvalue weighted by atomic mass is 32.1. The summed E-state index contributed by atoms with van der Waals surface area (Å²) in [5.74, 6) is 0.669. The maximum atomic E-state index is 11.6. The third kappa shape index (κ3) is 1.26. The first-order chi connectivity index (χ1) is 7.34. The van der Waals surface area contributed by atoms with Gasteiger partial charge in [0.15, 0.2) is 0 Å². The second kappa shape index (κ2) is 3.03. The summed E-state index contributed by atoms with van der Waals surface area (Å²) in [6.45, 7) is 0. The summed E-state index contributed by atoms with van der Waals surface area (Å²) in [6, 6.07) is 5.10. The Bertz CT molecular complexity index is 653. The van der Waals surface area contributed by atoms with Crippen molar-refractivity contribution in [2.24, 2.45) is 0 Å². The van der Waals surface area contributed by atoms with Crippen LogP contribution in [0.25, 0.3) is 15.6 Å². The molecule has 0 amide bonds.